The minimum absolute atomic E-state index is 0.0920. The largest absolute Gasteiger partial charge is 0.488 e. The molecule has 1 fully saturated rings. The van der Waals surface area contributed by atoms with Gasteiger partial charge in [-0.15, -0.1) is 0 Å². The van der Waals surface area contributed by atoms with Crippen LogP contribution in [0.25, 0.3) is 6.08 Å². The second-order valence-corrected chi connectivity index (χ2v) is 8.84. The fraction of sp³-hybridized carbons (Fsp3) is 0.136. The van der Waals surface area contributed by atoms with Crippen LogP contribution in [0.5, 0.6) is 5.75 Å². The number of nitrogens with one attached hydrogen (secondary N) is 1. The van der Waals surface area contributed by atoms with Crippen molar-refractivity contribution < 1.29 is 32.3 Å². The van der Waals surface area contributed by atoms with E-state index in [0.717, 1.165) is 26.7 Å². The molecule has 3 amide bonds. The zero-order valence-electron chi connectivity index (χ0n) is 16.8. The van der Waals surface area contributed by atoms with Crippen molar-refractivity contribution in [2.45, 2.75) is 6.18 Å². The van der Waals surface area contributed by atoms with Gasteiger partial charge in [0.25, 0.3) is 11.1 Å². The van der Waals surface area contributed by atoms with Gasteiger partial charge in [-0.25, -0.2) is 0 Å². The summed E-state index contributed by atoms with van der Waals surface area (Å²) < 4.78 is 44.8. The molecule has 1 aliphatic heterocycles. The summed E-state index contributed by atoms with van der Waals surface area (Å²) in [7, 11) is 0. The monoisotopic (exact) mass is 588 g/mol. The topological polar surface area (TPSA) is 75.7 Å². The smallest absolute Gasteiger partial charge is 0.416 e. The third-order valence-electron chi connectivity index (χ3n) is 4.26. The highest BCUT2D eigenvalue weighted by atomic mass is 127. The van der Waals surface area contributed by atoms with Gasteiger partial charge >= 0.3 is 6.18 Å². The van der Waals surface area contributed by atoms with Gasteiger partial charge in [-0.1, -0.05) is 24.8 Å². The molecular formula is C22H16F3IN2O4S. The summed E-state index contributed by atoms with van der Waals surface area (Å²) >= 11 is 2.76. The molecule has 0 spiro atoms. The fourth-order valence-corrected chi connectivity index (χ4v) is 4.31. The Labute approximate surface area is 205 Å². The predicted molar refractivity (Wildman–Crippen MR) is 128 cm³/mol. The first-order valence-electron chi connectivity index (χ1n) is 9.34. The molecule has 172 valence electrons. The van der Waals surface area contributed by atoms with Gasteiger partial charge in [0.15, 0.2) is 0 Å². The van der Waals surface area contributed by atoms with Crippen LogP contribution in [0, 0.1) is 3.57 Å². The fourth-order valence-electron chi connectivity index (χ4n) is 2.78. The van der Waals surface area contributed by atoms with E-state index in [2.05, 4.69) is 34.5 Å². The highest BCUT2D eigenvalue weighted by Crippen LogP contribution is 2.33. The SMILES string of the molecule is C=CCOc1ccc(/C=C2\SC(=O)N(CC(=O)Nc3cccc(C(F)(F)F)c3)C2=O)cc1I. The van der Waals surface area contributed by atoms with E-state index < -0.39 is 35.3 Å². The summed E-state index contributed by atoms with van der Waals surface area (Å²) in [6.07, 6.45) is -1.43. The van der Waals surface area contributed by atoms with Crippen LogP contribution < -0.4 is 10.1 Å². The van der Waals surface area contributed by atoms with E-state index in [4.69, 9.17) is 4.74 Å². The van der Waals surface area contributed by atoms with Crippen LogP contribution in [0.15, 0.2) is 60.0 Å². The molecule has 0 saturated carbocycles. The average molecular weight is 588 g/mol. The van der Waals surface area contributed by atoms with Gasteiger partial charge in [0.1, 0.15) is 18.9 Å². The number of alkyl halides is 3. The zero-order valence-corrected chi connectivity index (χ0v) is 19.8. The van der Waals surface area contributed by atoms with E-state index in [9.17, 15) is 27.6 Å². The molecule has 33 heavy (non-hydrogen) atoms. The molecule has 2 aromatic carbocycles. The van der Waals surface area contributed by atoms with E-state index in [-0.39, 0.29) is 10.6 Å². The second-order valence-electron chi connectivity index (χ2n) is 6.68. The van der Waals surface area contributed by atoms with Crippen molar-refractivity contribution in [3.05, 3.63) is 74.7 Å². The Bertz CT molecular complexity index is 1150. The van der Waals surface area contributed by atoms with Crippen molar-refractivity contribution in [3.8, 4) is 5.75 Å². The van der Waals surface area contributed by atoms with Crippen LogP contribution in [0.2, 0.25) is 0 Å². The summed E-state index contributed by atoms with van der Waals surface area (Å²) in [5.74, 6) is -0.811. The number of carbonyl (C=O) groups is 3. The number of hydrogen-bond donors (Lipinski definition) is 1. The van der Waals surface area contributed by atoms with Crippen molar-refractivity contribution in [1.29, 1.82) is 0 Å². The number of rotatable bonds is 7. The number of anilines is 1. The molecule has 6 nitrogen and oxygen atoms in total. The lowest BCUT2D eigenvalue weighted by atomic mass is 10.2. The molecule has 1 heterocycles. The summed E-state index contributed by atoms with van der Waals surface area (Å²) in [6, 6.07) is 9.29. The maximum absolute atomic E-state index is 12.8. The summed E-state index contributed by atoms with van der Waals surface area (Å²) in [5, 5.41) is 1.63. The third kappa shape index (κ3) is 6.38. The Hall–Kier alpha value is -2.80. The van der Waals surface area contributed by atoms with Gasteiger partial charge in [0, 0.05) is 5.69 Å². The van der Waals surface area contributed by atoms with Crippen LogP contribution >= 0.6 is 34.4 Å². The molecule has 0 radical (unpaired) electrons. The molecule has 2 aromatic rings. The number of thioether (sulfide) groups is 1. The predicted octanol–water partition coefficient (Wildman–Crippen LogP) is 5.55. The number of nitrogens with zero attached hydrogens (tertiary/aromatic N) is 1. The first kappa shape index (κ1) is 24.8. The second kappa shape index (κ2) is 10.4. The average Bonchev–Trinajstić information content (AvgIpc) is 3.00. The van der Waals surface area contributed by atoms with E-state index in [1.54, 1.807) is 24.3 Å². The van der Waals surface area contributed by atoms with Gasteiger partial charge in [0.2, 0.25) is 5.91 Å². The Morgan fingerprint density at radius 2 is 1.97 bits per heavy atom. The van der Waals surface area contributed by atoms with Crippen molar-refractivity contribution in [3.63, 3.8) is 0 Å². The normalized spacial score (nSPS) is 15.2. The standard InChI is InChI=1S/C22H16F3IN2O4S/c1-2-8-32-17-7-6-13(9-16(17)26)10-18-20(30)28(21(31)33-18)12-19(29)27-15-5-3-4-14(11-15)22(23,24)25/h2-7,9-11H,1,8,12H2,(H,27,29)/b18-10-. The van der Waals surface area contributed by atoms with Gasteiger partial charge < -0.3 is 10.1 Å². The summed E-state index contributed by atoms with van der Waals surface area (Å²) in [4.78, 5) is 38.0. The van der Waals surface area contributed by atoms with Crippen molar-refractivity contribution in [2.75, 3.05) is 18.5 Å². The molecule has 3 rings (SSSR count). The van der Waals surface area contributed by atoms with Crippen molar-refractivity contribution in [1.82, 2.24) is 4.90 Å². The van der Waals surface area contributed by atoms with Crippen molar-refractivity contribution in [2.24, 2.45) is 0 Å². The van der Waals surface area contributed by atoms with E-state index in [1.165, 1.54) is 12.1 Å². The number of benzene rings is 2. The van der Waals surface area contributed by atoms with Crippen LogP contribution in [0.4, 0.5) is 23.7 Å². The van der Waals surface area contributed by atoms with E-state index in [1.807, 2.05) is 0 Å². The van der Waals surface area contributed by atoms with E-state index in [0.29, 0.717) is 29.7 Å². The molecule has 0 aromatic heterocycles. The molecular weight excluding hydrogens is 572 g/mol. The lowest BCUT2D eigenvalue weighted by Gasteiger charge is -2.13. The molecule has 1 aliphatic rings. The van der Waals surface area contributed by atoms with Gasteiger partial charge in [-0.05, 0) is 76.3 Å². The Morgan fingerprint density at radius 3 is 2.64 bits per heavy atom. The highest BCUT2D eigenvalue weighted by molar-refractivity contribution is 14.1. The number of ether oxygens (including phenoxy) is 1. The molecule has 0 aliphatic carbocycles. The van der Waals surface area contributed by atoms with Gasteiger partial charge in [0.05, 0.1) is 14.0 Å². The van der Waals surface area contributed by atoms with Gasteiger partial charge in [-0.3, -0.25) is 19.3 Å². The van der Waals surface area contributed by atoms with Crippen molar-refractivity contribution >= 4 is 63.2 Å². The lowest BCUT2D eigenvalue weighted by molar-refractivity contribution is -0.137. The molecule has 0 bridgehead atoms. The van der Waals surface area contributed by atoms with E-state index >= 15 is 0 Å². The van der Waals surface area contributed by atoms with Crippen LogP contribution in [-0.2, 0) is 15.8 Å². The first-order chi connectivity index (χ1) is 15.6. The molecule has 0 atom stereocenters. The van der Waals surface area contributed by atoms with Crippen LogP contribution in [0.1, 0.15) is 11.1 Å². The Kier molecular flexibility index (Phi) is 7.84. The lowest BCUT2D eigenvalue weighted by Crippen LogP contribution is -2.36. The molecule has 1 N–H and O–H groups in total. The minimum atomic E-state index is -4.56. The highest BCUT2D eigenvalue weighted by Gasteiger charge is 2.36. The number of halogens is 4. The summed E-state index contributed by atoms with van der Waals surface area (Å²) in [5.41, 5.74) is -0.361. The number of carbonyl (C=O) groups excluding carboxylic acids is 3. The molecule has 0 unspecified atom stereocenters. The third-order valence-corrected chi connectivity index (χ3v) is 6.01. The van der Waals surface area contributed by atoms with Gasteiger partial charge in [-0.2, -0.15) is 13.2 Å². The quantitative estimate of drug-likeness (QED) is 0.261. The molecule has 11 heteroatoms. The van der Waals surface area contributed by atoms with Crippen LogP contribution in [0.3, 0.4) is 0 Å². The zero-order chi connectivity index (χ0) is 24.2. The van der Waals surface area contributed by atoms with Crippen LogP contribution in [-0.4, -0.2) is 35.1 Å². The summed E-state index contributed by atoms with van der Waals surface area (Å²) in [6.45, 7) is 3.31. The number of amides is 3. The number of hydrogen-bond acceptors (Lipinski definition) is 5. The minimum Gasteiger partial charge on any atom is -0.488 e. The molecule has 1 saturated heterocycles. The Morgan fingerprint density at radius 1 is 1.21 bits per heavy atom. The maximum Gasteiger partial charge on any atom is 0.416 e. The maximum atomic E-state index is 12.8. The first-order valence-corrected chi connectivity index (χ1v) is 11.2. The number of imide groups is 1. The Balaban J connectivity index is 1.68.